The van der Waals surface area contributed by atoms with Gasteiger partial charge in [0.15, 0.2) is 0 Å². The van der Waals surface area contributed by atoms with Crippen LogP contribution in [-0.2, 0) is 11.3 Å². The highest BCUT2D eigenvalue weighted by Crippen LogP contribution is 2.18. The molecular formula is C16H14N6O3. The minimum Gasteiger partial charge on any atom is -0.324 e. The van der Waals surface area contributed by atoms with Gasteiger partial charge in [-0.25, -0.2) is 0 Å². The number of nitrogens with zero attached hydrogens (tertiary/aromatic N) is 5. The van der Waals surface area contributed by atoms with Crippen LogP contribution in [0.15, 0.2) is 48.5 Å². The van der Waals surface area contributed by atoms with Gasteiger partial charge < -0.3 is 5.32 Å². The summed E-state index contributed by atoms with van der Waals surface area (Å²) in [7, 11) is 0. The summed E-state index contributed by atoms with van der Waals surface area (Å²) in [5, 5.41) is 25.2. The van der Waals surface area contributed by atoms with Gasteiger partial charge in [0.1, 0.15) is 6.54 Å². The summed E-state index contributed by atoms with van der Waals surface area (Å²) < 4.78 is 0. The fourth-order valence-electron chi connectivity index (χ4n) is 2.12. The van der Waals surface area contributed by atoms with Crippen LogP contribution in [0.1, 0.15) is 5.56 Å². The molecule has 1 aromatic heterocycles. The minimum absolute atomic E-state index is 0.0198. The normalized spacial score (nSPS) is 10.4. The number of nitrogens with one attached hydrogen (secondary N) is 1. The van der Waals surface area contributed by atoms with Gasteiger partial charge >= 0.3 is 0 Å². The highest BCUT2D eigenvalue weighted by Gasteiger charge is 2.11. The summed E-state index contributed by atoms with van der Waals surface area (Å²) in [6.07, 6.45) is 0. The van der Waals surface area contributed by atoms with Crippen molar-refractivity contribution in [1.82, 2.24) is 20.2 Å². The zero-order valence-electron chi connectivity index (χ0n) is 13.3. The van der Waals surface area contributed by atoms with E-state index < -0.39 is 4.92 Å². The molecule has 9 nitrogen and oxygen atoms in total. The molecule has 0 radical (unpaired) electrons. The number of carbonyl (C=O) groups excluding carboxylic acids is 1. The molecule has 0 fully saturated rings. The van der Waals surface area contributed by atoms with Crippen LogP contribution in [0, 0.1) is 17.0 Å². The van der Waals surface area contributed by atoms with Crippen molar-refractivity contribution in [1.29, 1.82) is 0 Å². The van der Waals surface area contributed by atoms with Gasteiger partial charge in [-0.2, -0.15) is 4.80 Å². The summed E-state index contributed by atoms with van der Waals surface area (Å²) in [5.74, 6) is 0.00883. The number of nitro benzene ring substituents is 1. The molecule has 0 spiro atoms. The standard InChI is InChI=1S/C16H14N6O3/c1-11-2-6-13(7-3-11)17-15(23)10-21-19-16(18-20-21)12-4-8-14(9-5-12)22(24)25/h2-9H,10H2,1H3,(H,17,23). The molecule has 0 saturated carbocycles. The summed E-state index contributed by atoms with van der Waals surface area (Å²) in [6.45, 7) is 1.87. The van der Waals surface area contributed by atoms with Crippen molar-refractivity contribution >= 4 is 17.3 Å². The van der Waals surface area contributed by atoms with Gasteiger partial charge in [-0.15, -0.1) is 10.2 Å². The van der Waals surface area contributed by atoms with Crippen LogP contribution in [0.2, 0.25) is 0 Å². The predicted molar refractivity (Wildman–Crippen MR) is 89.7 cm³/mol. The molecular weight excluding hydrogens is 324 g/mol. The van der Waals surface area contributed by atoms with Crippen molar-refractivity contribution in [2.24, 2.45) is 0 Å². The number of non-ortho nitro benzene ring substituents is 1. The summed E-state index contributed by atoms with van der Waals surface area (Å²) in [4.78, 5) is 23.4. The van der Waals surface area contributed by atoms with Gasteiger partial charge in [0.05, 0.1) is 4.92 Å². The molecule has 0 aliphatic heterocycles. The number of benzene rings is 2. The first kappa shape index (κ1) is 16.2. The zero-order chi connectivity index (χ0) is 17.8. The van der Waals surface area contributed by atoms with E-state index in [-0.39, 0.29) is 24.0 Å². The number of rotatable bonds is 5. The number of aryl methyl sites for hydroxylation is 1. The van der Waals surface area contributed by atoms with Crippen LogP contribution in [-0.4, -0.2) is 31.0 Å². The van der Waals surface area contributed by atoms with E-state index in [2.05, 4.69) is 20.7 Å². The van der Waals surface area contributed by atoms with E-state index in [4.69, 9.17) is 0 Å². The van der Waals surface area contributed by atoms with Crippen LogP contribution in [0.25, 0.3) is 11.4 Å². The Bertz CT molecular complexity index is 902. The zero-order valence-corrected chi connectivity index (χ0v) is 13.3. The number of nitro groups is 1. The molecule has 1 heterocycles. The van der Waals surface area contributed by atoms with E-state index in [1.807, 2.05) is 31.2 Å². The summed E-state index contributed by atoms with van der Waals surface area (Å²) in [6, 6.07) is 13.2. The highest BCUT2D eigenvalue weighted by molar-refractivity contribution is 5.90. The van der Waals surface area contributed by atoms with Gasteiger partial charge in [-0.1, -0.05) is 17.7 Å². The molecule has 3 rings (SSSR count). The quantitative estimate of drug-likeness (QED) is 0.563. The molecule has 1 amide bonds. The molecule has 3 aromatic rings. The number of tetrazole rings is 1. The van der Waals surface area contributed by atoms with Gasteiger partial charge in [0.25, 0.3) is 5.69 Å². The topological polar surface area (TPSA) is 116 Å². The maximum absolute atomic E-state index is 12.0. The Balaban J connectivity index is 1.65. The van der Waals surface area contributed by atoms with E-state index in [1.165, 1.54) is 29.1 Å². The van der Waals surface area contributed by atoms with E-state index in [9.17, 15) is 14.9 Å². The summed E-state index contributed by atoms with van der Waals surface area (Å²) in [5.41, 5.74) is 2.35. The third-order valence-electron chi connectivity index (χ3n) is 3.41. The number of amides is 1. The van der Waals surface area contributed by atoms with E-state index in [0.29, 0.717) is 11.3 Å². The third kappa shape index (κ3) is 4.02. The Morgan fingerprint density at radius 1 is 1.16 bits per heavy atom. The van der Waals surface area contributed by atoms with Crippen LogP contribution >= 0.6 is 0 Å². The minimum atomic E-state index is -0.483. The average molecular weight is 338 g/mol. The van der Waals surface area contributed by atoms with E-state index >= 15 is 0 Å². The second-order valence-corrected chi connectivity index (χ2v) is 5.36. The monoisotopic (exact) mass is 338 g/mol. The SMILES string of the molecule is Cc1ccc(NC(=O)Cn2nnc(-c3ccc([N+](=O)[O-])cc3)n2)cc1. The molecule has 9 heteroatoms. The molecule has 2 aromatic carbocycles. The van der Waals surface area contributed by atoms with E-state index in [0.717, 1.165) is 5.56 Å². The Labute approximate surface area is 142 Å². The second-order valence-electron chi connectivity index (χ2n) is 5.36. The Morgan fingerprint density at radius 3 is 2.48 bits per heavy atom. The van der Waals surface area contributed by atoms with Crippen LogP contribution in [0.3, 0.4) is 0 Å². The van der Waals surface area contributed by atoms with Crippen molar-refractivity contribution in [2.75, 3.05) is 5.32 Å². The number of aromatic nitrogens is 4. The predicted octanol–water partition coefficient (Wildman–Crippen LogP) is 2.20. The molecule has 0 bridgehead atoms. The largest absolute Gasteiger partial charge is 0.324 e. The Hall–Kier alpha value is -3.62. The molecule has 0 saturated heterocycles. The number of anilines is 1. The lowest BCUT2D eigenvalue weighted by molar-refractivity contribution is -0.384. The number of carbonyl (C=O) groups is 1. The van der Waals surface area contributed by atoms with Crippen LogP contribution in [0.4, 0.5) is 11.4 Å². The molecule has 25 heavy (non-hydrogen) atoms. The van der Waals surface area contributed by atoms with Crippen LogP contribution in [0.5, 0.6) is 0 Å². The van der Waals surface area contributed by atoms with Crippen molar-refractivity contribution in [3.05, 3.63) is 64.2 Å². The number of hydrogen-bond donors (Lipinski definition) is 1. The highest BCUT2D eigenvalue weighted by atomic mass is 16.6. The fraction of sp³-hybridized carbons (Fsp3) is 0.125. The Morgan fingerprint density at radius 2 is 1.84 bits per heavy atom. The maximum atomic E-state index is 12.0. The molecule has 126 valence electrons. The lowest BCUT2D eigenvalue weighted by atomic mass is 10.2. The van der Waals surface area contributed by atoms with Crippen molar-refractivity contribution in [3.63, 3.8) is 0 Å². The van der Waals surface area contributed by atoms with Gasteiger partial charge in [0, 0.05) is 23.4 Å². The molecule has 0 aliphatic carbocycles. The molecule has 0 aliphatic rings. The van der Waals surface area contributed by atoms with Crippen molar-refractivity contribution in [2.45, 2.75) is 13.5 Å². The molecule has 0 unspecified atom stereocenters. The first-order valence-corrected chi connectivity index (χ1v) is 7.40. The first-order valence-electron chi connectivity index (χ1n) is 7.40. The fourth-order valence-corrected chi connectivity index (χ4v) is 2.12. The smallest absolute Gasteiger partial charge is 0.269 e. The van der Waals surface area contributed by atoms with Gasteiger partial charge in [-0.3, -0.25) is 14.9 Å². The first-order chi connectivity index (χ1) is 12.0. The molecule has 0 atom stereocenters. The lowest BCUT2D eigenvalue weighted by Crippen LogP contribution is -2.20. The van der Waals surface area contributed by atoms with Crippen molar-refractivity contribution in [3.8, 4) is 11.4 Å². The van der Waals surface area contributed by atoms with Gasteiger partial charge in [-0.05, 0) is 36.4 Å². The second kappa shape index (κ2) is 6.87. The van der Waals surface area contributed by atoms with Crippen LogP contribution < -0.4 is 5.32 Å². The maximum Gasteiger partial charge on any atom is 0.269 e. The number of hydrogen-bond acceptors (Lipinski definition) is 6. The Kier molecular flexibility index (Phi) is 4.46. The molecule has 1 N–H and O–H groups in total. The third-order valence-corrected chi connectivity index (χ3v) is 3.41. The van der Waals surface area contributed by atoms with Crippen molar-refractivity contribution < 1.29 is 9.72 Å². The lowest BCUT2D eigenvalue weighted by Gasteiger charge is -2.04. The summed E-state index contributed by atoms with van der Waals surface area (Å²) >= 11 is 0. The average Bonchev–Trinajstić information content (AvgIpc) is 3.05. The van der Waals surface area contributed by atoms with Gasteiger partial charge in [0.2, 0.25) is 11.7 Å². The van der Waals surface area contributed by atoms with E-state index in [1.54, 1.807) is 0 Å².